The number of benzene rings is 1. The Morgan fingerprint density at radius 1 is 1.35 bits per heavy atom. The first-order valence-electron chi connectivity index (χ1n) is 7.78. The van der Waals surface area contributed by atoms with E-state index in [1.165, 1.54) is 6.07 Å². The van der Waals surface area contributed by atoms with Gasteiger partial charge >= 0.3 is 0 Å². The largest absolute Gasteiger partial charge is 0.348 e. The molecule has 3 heterocycles. The number of rotatable bonds is 2. The van der Waals surface area contributed by atoms with Crippen LogP contribution in [0.2, 0.25) is 0 Å². The van der Waals surface area contributed by atoms with Gasteiger partial charge in [0.05, 0.1) is 5.52 Å². The Balaban J connectivity index is 1.58. The van der Waals surface area contributed by atoms with Crippen LogP contribution in [-0.4, -0.2) is 39.1 Å². The van der Waals surface area contributed by atoms with Crippen molar-refractivity contribution < 1.29 is 9.18 Å². The molecule has 5 nitrogen and oxygen atoms in total. The molecular formula is C17H17FN4O. The number of likely N-dealkylation sites (tertiary alicyclic amines) is 1. The van der Waals surface area contributed by atoms with Crippen LogP contribution in [-0.2, 0) is 0 Å². The van der Waals surface area contributed by atoms with E-state index in [0.29, 0.717) is 17.8 Å². The van der Waals surface area contributed by atoms with Crippen molar-refractivity contribution in [2.24, 2.45) is 0 Å². The zero-order valence-electron chi connectivity index (χ0n) is 12.6. The molecule has 3 aromatic rings. The van der Waals surface area contributed by atoms with E-state index in [1.54, 1.807) is 24.4 Å². The number of fused-ring (bicyclic) bond motifs is 1. The van der Waals surface area contributed by atoms with Gasteiger partial charge in [0.25, 0.3) is 5.91 Å². The molecule has 1 unspecified atom stereocenters. The Morgan fingerprint density at radius 2 is 2.26 bits per heavy atom. The highest BCUT2D eigenvalue weighted by Gasteiger charge is 2.27. The maximum Gasteiger partial charge on any atom is 0.270 e. The summed E-state index contributed by atoms with van der Waals surface area (Å²) in [6.45, 7) is 1.38. The fraction of sp³-hybridized carbons (Fsp3) is 0.294. The Kier molecular flexibility index (Phi) is 3.37. The van der Waals surface area contributed by atoms with E-state index in [-0.39, 0.29) is 17.6 Å². The highest BCUT2D eigenvalue weighted by atomic mass is 19.1. The third kappa shape index (κ3) is 2.50. The number of piperidine rings is 1. The average molecular weight is 312 g/mol. The van der Waals surface area contributed by atoms with Crippen LogP contribution in [0.3, 0.4) is 0 Å². The number of nitrogens with zero attached hydrogens (tertiary/aromatic N) is 2. The number of carbonyl (C=O) groups is 1. The van der Waals surface area contributed by atoms with Crippen molar-refractivity contribution in [2.75, 3.05) is 13.1 Å². The lowest BCUT2D eigenvalue weighted by Crippen LogP contribution is -2.39. The molecule has 2 N–H and O–H groups in total. The van der Waals surface area contributed by atoms with Gasteiger partial charge in [-0.25, -0.2) is 4.39 Å². The first-order chi connectivity index (χ1) is 11.2. The molecule has 0 radical (unpaired) electrons. The maximum atomic E-state index is 13.8. The molecule has 6 heteroatoms. The lowest BCUT2D eigenvalue weighted by molar-refractivity contribution is 0.0701. The molecule has 1 aliphatic heterocycles. The van der Waals surface area contributed by atoms with Crippen molar-refractivity contribution in [3.63, 3.8) is 0 Å². The molecule has 1 saturated heterocycles. The number of aromatic amines is 2. The van der Waals surface area contributed by atoms with E-state index in [1.807, 2.05) is 11.0 Å². The van der Waals surface area contributed by atoms with Crippen molar-refractivity contribution >= 4 is 16.8 Å². The maximum absolute atomic E-state index is 13.8. The van der Waals surface area contributed by atoms with Crippen LogP contribution < -0.4 is 0 Å². The Labute approximate surface area is 132 Å². The molecule has 4 rings (SSSR count). The first-order valence-corrected chi connectivity index (χ1v) is 7.78. The number of carbonyl (C=O) groups excluding carboxylic acids is 1. The smallest absolute Gasteiger partial charge is 0.270 e. The molecule has 1 amide bonds. The van der Waals surface area contributed by atoms with Crippen LogP contribution in [0.15, 0.2) is 36.5 Å². The zero-order chi connectivity index (χ0) is 15.8. The topological polar surface area (TPSA) is 64.8 Å². The summed E-state index contributed by atoms with van der Waals surface area (Å²) in [6.07, 6.45) is 3.72. The van der Waals surface area contributed by atoms with Crippen LogP contribution >= 0.6 is 0 Å². The molecular weight excluding hydrogens is 295 g/mol. The minimum atomic E-state index is -0.337. The minimum absolute atomic E-state index is 0.0789. The van der Waals surface area contributed by atoms with E-state index in [4.69, 9.17) is 0 Å². The second-order valence-electron chi connectivity index (χ2n) is 5.99. The molecule has 0 saturated carbocycles. The van der Waals surface area contributed by atoms with E-state index in [0.717, 1.165) is 30.5 Å². The first kappa shape index (κ1) is 14.0. The number of H-pyrrole nitrogens is 2. The van der Waals surface area contributed by atoms with Gasteiger partial charge in [-0.05, 0) is 31.0 Å². The van der Waals surface area contributed by atoms with E-state index in [2.05, 4.69) is 15.2 Å². The molecule has 0 aliphatic carbocycles. The second kappa shape index (κ2) is 5.53. The fourth-order valence-corrected chi connectivity index (χ4v) is 3.31. The van der Waals surface area contributed by atoms with Gasteiger partial charge in [-0.2, -0.15) is 5.10 Å². The molecule has 2 aromatic heterocycles. The van der Waals surface area contributed by atoms with Crippen LogP contribution in [0, 0.1) is 5.82 Å². The van der Waals surface area contributed by atoms with Gasteiger partial charge in [0.2, 0.25) is 0 Å². The van der Waals surface area contributed by atoms with E-state index in [9.17, 15) is 9.18 Å². The molecule has 1 aromatic carbocycles. The summed E-state index contributed by atoms with van der Waals surface area (Å²) in [5.74, 6) is -0.142. The lowest BCUT2D eigenvalue weighted by Gasteiger charge is -2.32. The number of nitrogens with one attached hydrogen (secondary N) is 2. The summed E-state index contributed by atoms with van der Waals surface area (Å²) in [6, 6.07) is 8.52. The third-order valence-electron chi connectivity index (χ3n) is 4.51. The summed E-state index contributed by atoms with van der Waals surface area (Å²) in [7, 11) is 0. The van der Waals surface area contributed by atoms with Crippen LogP contribution in [0.1, 0.15) is 34.9 Å². The van der Waals surface area contributed by atoms with Crippen molar-refractivity contribution in [1.82, 2.24) is 20.1 Å². The molecule has 0 spiro atoms. The summed E-state index contributed by atoms with van der Waals surface area (Å²) in [5.41, 5.74) is 1.89. The molecule has 1 fully saturated rings. The van der Waals surface area contributed by atoms with Gasteiger partial charge in [0.15, 0.2) is 0 Å². The summed E-state index contributed by atoms with van der Waals surface area (Å²) < 4.78 is 13.8. The van der Waals surface area contributed by atoms with Crippen LogP contribution in [0.4, 0.5) is 4.39 Å². The highest BCUT2D eigenvalue weighted by molar-refractivity contribution is 5.98. The standard InChI is InChI=1S/C17H17FN4O/c18-13-5-1-3-11-9-15(20-16(11)13)17(23)22-8-2-4-12(10-22)14-6-7-19-21-14/h1,3,5-7,9,12,20H,2,4,8,10H2,(H,19,21). The Hall–Kier alpha value is -2.63. The average Bonchev–Trinajstić information content (AvgIpc) is 3.24. The van der Waals surface area contributed by atoms with Crippen molar-refractivity contribution in [2.45, 2.75) is 18.8 Å². The highest BCUT2D eigenvalue weighted by Crippen LogP contribution is 2.27. The molecule has 23 heavy (non-hydrogen) atoms. The van der Waals surface area contributed by atoms with Crippen molar-refractivity contribution in [3.8, 4) is 0 Å². The summed E-state index contributed by atoms with van der Waals surface area (Å²) in [4.78, 5) is 17.5. The van der Waals surface area contributed by atoms with Crippen LogP contribution in [0.25, 0.3) is 10.9 Å². The van der Waals surface area contributed by atoms with Gasteiger partial charge in [-0.3, -0.25) is 9.89 Å². The number of amides is 1. The van der Waals surface area contributed by atoms with E-state index < -0.39 is 0 Å². The van der Waals surface area contributed by atoms with Crippen molar-refractivity contribution in [1.29, 1.82) is 0 Å². The normalized spacial score (nSPS) is 18.5. The zero-order valence-corrected chi connectivity index (χ0v) is 12.6. The number of hydrogen-bond donors (Lipinski definition) is 2. The predicted octanol–water partition coefficient (Wildman–Crippen LogP) is 3.05. The molecule has 118 valence electrons. The van der Waals surface area contributed by atoms with Gasteiger partial charge in [0.1, 0.15) is 11.5 Å². The monoisotopic (exact) mass is 312 g/mol. The quantitative estimate of drug-likeness (QED) is 0.764. The summed E-state index contributed by atoms with van der Waals surface area (Å²) >= 11 is 0. The molecule has 1 aliphatic rings. The van der Waals surface area contributed by atoms with Crippen molar-refractivity contribution in [3.05, 3.63) is 53.7 Å². The van der Waals surface area contributed by atoms with E-state index >= 15 is 0 Å². The van der Waals surface area contributed by atoms with Gasteiger partial charge in [-0.15, -0.1) is 0 Å². The number of para-hydroxylation sites is 1. The van der Waals surface area contributed by atoms with Gasteiger partial charge in [0, 0.05) is 36.3 Å². The number of hydrogen-bond acceptors (Lipinski definition) is 2. The predicted molar refractivity (Wildman–Crippen MR) is 84.7 cm³/mol. The second-order valence-corrected chi connectivity index (χ2v) is 5.99. The minimum Gasteiger partial charge on any atom is -0.348 e. The SMILES string of the molecule is O=C(c1cc2cccc(F)c2[nH]1)N1CCCC(c2ccn[nH]2)C1. The third-order valence-corrected chi connectivity index (χ3v) is 4.51. The fourth-order valence-electron chi connectivity index (χ4n) is 3.31. The molecule has 0 bridgehead atoms. The summed E-state index contributed by atoms with van der Waals surface area (Å²) in [5, 5.41) is 7.70. The van der Waals surface area contributed by atoms with Gasteiger partial charge < -0.3 is 9.88 Å². The number of halogens is 1. The molecule has 1 atom stereocenters. The Morgan fingerprint density at radius 3 is 3.04 bits per heavy atom. The lowest BCUT2D eigenvalue weighted by atomic mass is 9.95. The van der Waals surface area contributed by atoms with Crippen LogP contribution in [0.5, 0.6) is 0 Å². The van der Waals surface area contributed by atoms with Gasteiger partial charge in [-0.1, -0.05) is 12.1 Å². The number of aromatic nitrogens is 3. The Bertz CT molecular complexity index is 840.